The highest BCUT2D eigenvalue weighted by Crippen LogP contribution is 2.16. The number of nitrogens with one attached hydrogen (secondary N) is 2. The van der Waals surface area contributed by atoms with Crippen LogP contribution in [0.3, 0.4) is 0 Å². The van der Waals surface area contributed by atoms with Gasteiger partial charge in [-0.2, -0.15) is 0 Å². The van der Waals surface area contributed by atoms with Crippen molar-refractivity contribution in [1.82, 2.24) is 10.6 Å². The Bertz CT molecular complexity index is 612. The van der Waals surface area contributed by atoms with E-state index in [-0.39, 0.29) is 0 Å². The van der Waals surface area contributed by atoms with Gasteiger partial charge >= 0.3 is 0 Å². The standard InChI is InChI=1S/C15H25N3O3S/c1-12-10-13(6-7-14(12)22(4,19)20)11-18-15(16-2)17-8-5-9-21-3/h6-7,10H,5,8-9,11H2,1-4H3,(H2,16,17,18). The van der Waals surface area contributed by atoms with Crippen molar-refractivity contribution in [3.8, 4) is 0 Å². The van der Waals surface area contributed by atoms with Crippen LogP contribution >= 0.6 is 0 Å². The summed E-state index contributed by atoms with van der Waals surface area (Å²) < 4.78 is 28.2. The lowest BCUT2D eigenvalue weighted by Gasteiger charge is -2.13. The molecule has 1 aromatic rings. The maximum Gasteiger partial charge on any atom is 0.191 e. The van der Waals surface area contributed by atoms with Crippen LogP contribution in [-0.4, -0.2) is 47.9 Å². The predicted molar refractivity (Wildman–Crippen MR) is 89.0 cm³/mol. The van der Waals surface area contributed by atoms with Gasteiger partial charge in [0, 0.05) is 40.1 Å². The minimum absolute atomic E-state index is 0.373. The third-order valence-electron chi connectivity index (χ3n) is 3.14. The molecule has 7 heteroatoms. The maximum absolute atomic E-state index is 11.6. The number of rotatable bonds is 7. The normalized spacial score (nSPS) is 12.3. The maximum atomic E-state index is 11.6. The Morgan fingerprint density at radius 2 is 2.05 bits per heavy atom. The van der Waals surface area contributed by atoms with Crippen molar-refractivity contribution in [2.45, 2.75) is 24.8 Å². The second-order valence-corrected chi connectivity index (χ2v) is 7.06. The van der Waals surface area contributed by atoms with Crippen molar-refractivity contribution in [3.63, 3.8) is 0 Å². The van der Waals surface area contributed by atoms with Gasteiger partial charge in [0.25, 0.3) is 0 Å². The lowest BCUT2D eigenvalue weighted by molar-refractivity contribution is 0.195. The van der Waals surface area contributed by atoms with Crippen LogP contribution in [0, 0.1) is 6.92 Å². The second-order valence-electron chi connectivity index (χ2n) is 5.07. The lowest BCUT2D eigenvalue weighted by Crippen LogP contribution is -2.37. The highest BCUT2D eigenvalue weighted by Gasteiger charge is 2.10. The largest absolute Gasteiger partial charge is 0.385 e. The van der Waals surface area contributed by atoms with E-state index in [1.807, 2.05) is 12.1 Å². The first-order valence-corrected chi connectivity index (χ1v) is 9.00. The van der Waals surface area contributed by atoms with Crippen molar-refractivity contribution < 1.29 is 13.2 Å². The van der Waals surface area contributed by atoms with Crippen LogP contribution in [0.4, 0.5) is 0 Å². The van der Waals surface area contributed by atoms with Gasteiger partial charge in [0.1, 0.15) is 0 Å². The number of sulfone groups is 1. The fraction of sp³-hybridized carbons (Fsp3) is 0.533. The first-order chi connectivity index (χ1) is 10.4. The van der Waals surface area contributed by atoms with E-state index in [1.54, 1.807) is 27.1 Å². The average Bonchev–Trinajstić information content (AvgIpc) is 2.45. The summed E-state index contributed by atoms with van der Waals surface area (Å²) in [6, 6.07) is 5.34. The minimum atomic E-state index is -3.17. The van der Waals surface area contributed by atoms with Crippen LogP contribution < -0.4 is 10.6 Å². The first kappa shape index (κ1) is 18.4. The Balaban J connectivity index is 2.58. The fourth-order valence-electron chi connectivity index (χ4n) is 2.07. The van der Waals surface area contributed by atoms with E-state index in [2.05, 4.69) is 15.6 Å². The number of aryl methyl sites for hydroxylation is 1. The molecule has 0 atom stereocenters. The Morgan fingerprint density at radius 3 is 2.59 bits per heavy atom. The molecule has 0 aliphatic heterocycles. The van der Waals surface area contributed by atoms with Gasteiger partial charge in [-0.3, -0.25) is 4.99 Å². The number of guanidine groups is 1. The summed E-state index contributed by atoms with van der Waals surface area (Å²) >= 11 is 0. The van der Waals surface area contributed by atoms with Gasteiger partial charge in [-0.1, -0.05) is 12.1 Å². The number of hydrogen-bond donors (Lipinski definition) is 2. The summed E-state index contributed by atoms with van der Waals surface area (Å²) in [4.78, 5) is 4.51. The van der Waals surface area contributed by atoms with Gasteiger partial charge in [-0.25, -0.2) is 8.42 Å². The topological polar surface area (TPSA) is 79.8 Å². The van der Waals surface area contributed by atoms with Crippen LogP contribution in [-0.2, 0) is 21.1 Å². The molecular weight excluding hydrogens is 302 g/mol. The molecule has 124 valence electrons. The van der Waals surface area contributed by atoms with E-state index < -0.39 is 9.84 Å². The van der Waals surface area contributed by atoms with Gasteiger partial charge in [0.15, 0.2) is 15.8 Å². The molecule has 0 radical (unpaired) electrons. The van der Waals surface area contributed by atoms with Crippen LogP contribution in [0.1, 0.15) is 17.5 Å². The number of methoxy groups -OCH3 is 1. The summed E-state index contributed by atoms with van der Waals surface area (Å²) in [5.74, 6) is 0.709. The van der Waals surface area contributed by atoms with Gasteiger partial charge in [0.2, 0.25) is 0 Å². The minimum Gasteiger partial charge on any atom is -0.385 e. The number of ether oxygens (including phenoxy) is 1. The molecule has 0 aromatic heterocycles. The van der Waals surface area contributed by atoms with E-state index in [0.717, 1.165) is 24.1 Å². The van der Waals surface area contributed by atoms with Gasteiger partial charge < -0.3 is 15.4 Å². The molecule has 0 heterocycles. The Labute approximate surface area is 132 Å². The van der Waals surface area contributed by atoms with Gasteiger partial charge in [0.05, 0.1) is 4.90 Å². The quantitative estimate of drug-likeness (QED) is 0.445. The molecule has 0 unspecified atom stereocenters. The zero-order valence-corrected chi connectivity index (χ0v) is 14.5. The molecule has 0 saturated heterocycles. The molecule has 0 bridgehead atoms. The van der Waals surface area contributed by atoms with Crippen LogP contribution in [0.5, 0.6) is 0 Å². The second kappa shape index (κ2) is 8.75. The Kier molecular flexibility index (Phi) is 7.34. The smallest absolute Gasteiger partial charge is 0.191 e. The van der Waals surface area contributed by atoms with Crippen molar-refractivity contribution in [3.05, 3.63) is 29.3 Å². The average molecular weight is 327 g/mol. The molecule has 22 heavy (non-hydrogen) atoms. The van der Waals surface area contributed by atoms with Crippen molar-refractivity contribution in [1.29, 1.82) is 0 Å². The van der Waals surface area contributed by atoms with Crippen molar-refractivity contribution in [2.24, 2.45) is 4.99 Å². The molecule has 0 aliphatic carbocycles. The van der Waals surface area contributed by atoms with Crippen molar-refractivity contribution in [2.75, 3.05) is 33.6 Å². The van der Waals surface area contributed by atoms with E-state index in [4.69, 9.17) is 4.74 Å². The van der Waals surface area contributed by atoms with E-state index in [1.165, 1.54) is 6.26 Å². The summed E-state index contributed by atoms with van der Waals surface area (Å²) in [7, 11) is 0.216. The molecule has 0 spiro atoms. The third kappa shape index (κ3) is 6.03. The van der Waals surface area contributed by atoms with E-state index in [9.17, 15) is 8.42 Å². The molecule has 0 aliphatic rings. The molecule has 0 fully saturated rings. The molecule has 1 rings (SSSR count). The SMILES string of the molecule is CN=C(NCCCOC)NCc1ccc(S(C)(=O)=O)c(C)c1. The fourth-order valence-corrected chi connectivity index (χ4v) is 3.03. The van der Waals surface area contributed by atoms with Gasteiger partial charge in [-0.15, -0.1) is 0 Å². The monoisotopic (exact) mass is 327 g/mol. The summed E-state index contributed by atoms with van der Waals surface area (Å²) in [5.41, 5.74) is 1.76. The zero-order chi connectivity index (χ0) is 16.6. The summed E-state index contributed by atoms with van der Waals surface area (Å²) in [6.45, 7) is 3.86. The number of nitrogens with zero attached hydrogens (tertiary/aromatic N) is 1. The van der Waals surface area contributed by atoms with Crippen LogP contribution in [0.25, 0.3) is 0 Å². The van der Waals surface area contributed by atoms with Crippen LogP contribution in [0.2, 0.25) is 0 Å². The molecule has 2 N–H and O–H groups in total. The van der Waals surface area contributed by atoms with Crippen molar-refractivity contribution >= 4 is 15.8 Å². The number of hydrogen-bond acceptors (Lipinski definition) is 4. The first-order valence-electron chi connectivity index (χ1n) is 7.11. The highest BCUT2D eigenvalue weighted by molar-refractivity contribution is 7.90. The van der Waals surface area contributed by atoms with E-state index in [0.29, 0.717) is 24.0 Å². The van der Waals surface area contributed by atoms with Gasteiger partial charge in [-0.05, 0) is 30.5 Å². The summed E-state index contributed by atoms with van der Waals surface area (Å²) in [5, 5.41) is 6.38. The molecular formula is C15H25N3O3S. The Morgan fingerprint density at radius 1 is 1.32 bits per heavy atom. The van der Waals surface area contributed by atoms with E-state index >= 15 is 0 Å². The number of aliphatic imine (C=N–C) groups is 1. The molecule has 0 amide bonds. The Hall–Kier alpha value is -1.60. The van der Waals surface area contributed by atoms with Crippen LogP contribution in [0.15, 0.2) is 28.1 Å². The molecule has 0 saturated carbocycles. The predicted octanol–water partition coefficient (Wildman–Crippen LogP) is 1.10. The lowest BCUT2D eigenvalue weighted by atomic mass is 10.1. The highest BCUT2D eigenvalue weighted by atomic mass is 32.2. The number of benzene rings is 1. The molecule has 6 nitrogen and oxygen atoms in total. The molecule has 1 aromatic carbocycles. The zero-order valence-electron chi connectivity index (χ0n) is 13.6. The third-order valence-corrected chi connectivity index (χ3v) is 4.40. The summed E-state index contributed by atoms with van der Waals surface area (Å²) in [6.07, 6.45) is 2.12.